The Bertz CT molecular complexity index is 3230. The average Bonchev–Trinajstić information content (AvgIpc) is 4.06. The number of nitrogens with two attached hydrogens (primary N) is 5. The van der Waals surface area contributed by atoms with E-state index in [1.54, 1.807) is 18.3 Å². The van der Waals surface area contributed by atoms with Crippen LogP contribution in [0, 0.1) is 0 Å². The van der Waals surface area contributed by atoms with Crippen LogP contribution in [0.25, 0.3) is 21.7 Å². The molecule has 11 amide bonds. The molecule has 4 aromatic rings. The predicted octanol–water partition coefficient (Wildman–Crippen LogP) is -2.68. The number of primary amides is 1. The number of benzene rings is 3. The largest absolute Gasteiger partial charge is 0.370 e. The summed E-state index contributed by atoms with van der Waals surface area (Å²) in [5.74, 6) is -9.16. The lowest BCUT2D eigenvalue weighted by Gasteiger charge is -2.31. The zero-order valence-electron chi connectivity index (χ0n) is 49.5. The molecule has 6 rings (SSSR count). The van der Waals surface area contributed by atoms with Gasteiger partial charge in [0.15, 0.2) is 11.9 Å². The standard InChI is InChI=1S/C59H82N18O11/c1-3-4-15-42(70-33(2)78)53(84)76-46-29-49(80)65-22-10-9-17-41(51(60)82)72-50(81)31-69-52(83)45(27-37-30-68-40-16-8-7-14-39(37)40)74-54(85)43(18-11-23-66-58(61)62)73-55(86)44(26-34-19-20-35-12-5-6-13-36(35)25-34)75-56(87)47-28-38(32-77(47)57(46)88)71-48(79)21-24-67-59(63)64/h5-8,12-14,16,19-20,25,30,38,41-47,68H,3-4,9-11,15,17-18,21-24,26-29,31-32H2,1-2H3,(H2,60,82)(H,65,80)(H,69,83)(H,70,78)(H,71,79)(H,72,81)(H,73,86)(H,74,85)(H,75,87)(H,76,84)(H4,61,62,66)(H4,63,64,67)/t38-,41-,42-,43-,44+,45-,46-,47-/m0/s1. The highest BCUT2D eigenvalue weighted by molar-refractivity contribution is 6.00. The number of aromatic amines is 1. The van der Waals surface area contributed by atoms with Gasteiger partial charge in [-0.25, -0.2) is 0 Å². The second-order valence-corrected chi connectivity index (χ2v) is 21.9. The third-order valence-corrected chi connectivity index (χ3v) is 15.0. The molecule has 88 heavy (non-hydrogen) atoms. The van der Waals surface area contributed by atoms with E-state index < -0.39 is 126 Å². The minimum atomic E-state index is -1.68. The van der Waals surface area contributed by atoms with E-state index in [1.165, 1.54) is 6.92 Å². The van der Waals surface area contributed by atoms with Gasteiger partial charge in [0.1, 0.15) is 42.3 Å². The molecule has 0 unspecified atom stereocenters. The minimum absolute atomic E-state index is 0.00712. The van der Waals surface area contributed by atoms with Crippen LogP contribution in [0.1, 0.15) is 95.6 Å². The number of nitrogens with zero attached hydrogens (tertiary/aromatic N) is 3. The Kier molecular flexibility index (Phi) is 25.4. The molecule has 2 saturated heterocycles. The predicted molar refractivity (Wildman–Crippen MR) is 327 cm³/mol. The van der Waals surface area contributed by atoms with Crippen LogP contribution < -0.4 is 76.5 Å². The fourth-order valence-electron chi connectivity index (χ4n) is 10.5. The smallest absolute Gasteiger partial charge is 0.246 e. The van der Waals surface area contributed by atoms with Crippen molar-refractivity contribution in [3.63, 3.8) is 0 Å². The zero-order valence-corrected chi connectivity index (χ0v) is 49.5. The highest BCUT2D eigenvalue weighted by atomic mass is 16.2. The highest BCUT2D eigenvalue weighted by Gasteiger charge is 2.44. The number of carbonyl (C=O) groups is 11. The van der Waals surface area contributed by atoms with Crippen molar-refractivity contribution in [3.8, 4) is 0 Å². The van der Waals surface area contributed by atoms with E-state index in [0.717, 1.165) is 26.6 Å². The summed E-state index contributed by atoms with van der Waals surface area (Å²) in [5, 5.41) is 26.6. The van der Waals surface area contributed by atoms with Crippen molar-refractivity contribution < 1.29 is 52.7 Å². The van der Waals surface area contributed by atoms with Gasteiger partial charge in [-0.2, -0.15) is 0 Å². The van der Waals surface area contributed by atoms with Crippen molar-refractivity contribution in [1.82, 2.24) is 57.7 Å². The lowest BCUT2D eigenvalue weighted by molar-refractivity contribution is -0.143. The number of nitrogens with one attached hydrogen (secondary N) is 10. The number of aromatic nitrogens is 1. The summed E-state index contributed by atoms with van der Waals surface area (Å²) >= 11 is 0. The van der Waals surface area contributed by atoms with Crippen LogP contribution in [-0.2, 0) is 65.6 Å². The summed E-state index contributed by atoms with van der Waals surface area (Å²) in [7, 11) is 0. The van der Waals surface area contributed by atoms with Crippen molar-refractivity contribution >= 4 is 98.6 Å². The molecule has 1 aromatic heterocycles. The number of aliphatic imine (C=N–C) groups is 2. The van der Waals surface area contributed by atoms with Crippen LogP contribution in [0.2, 0.25) is 0 Å². The van der Waals surface area contributed by atoms with Gasteiger partial charge in [-0.05, 0) is 72.9 Å². The van der Waals surface area contributed by atoms with Gasteiger partial charge in [-0.1, -0.05) is 80.4 Å². The van der Waals surface area contributed by atoms with E-state index in [2.05, 4.69) is 62.8 Å². The second-order valence-electron chi connectivity index (χ2n) is 21.9. The Morgan fingerprint density at radius 2 is 1.40 bits per heavy atom. The van der Waals surface area contributed by atoms with Crippen LogP contribution in [0.4, 0.5) is 0 Å². The molecule has 0 saturated carbocycles. The summed E-state index contributed by atoms with van der Waals surface area (Å²) in [4.78, 5) is 167. The molecule has 29 heteroatoms. The van der Waals surface area contributed by atoms with Gasteiger partial charge in [0.2, 0.25) is 65.0 Å². The Labute approximate surface area is 508 Å². The number of carbonyl (C=O) groups excluding carboxylic acids is 11. The van der Waals surface area contributed by atoms with E-state index in [1.807, 2.05) is 61.5 Å². The van der Waals surface area contributed by atoms with Crippen molar-refractivity contribution in [2.75, 3.05) is 32.7 Å². The molecule has 0 aliphatic carbocycles. The third-order valence-electron chi connectivity index (χ3n) is 15.0. The lowest BCUT2D eigenvalue weighted by Crippen LogP contribution is -2.60. The van der Waals surface area contributed by atoms with Crippen LogP contribution in [0.15, 0.2) is 82.9 Å². The first-order chi connectivity index (χ1) is 42.1. The van der Waals surface area contributed by atoms with Crippen molar-refractivity contribution in [2.24, 2.45) is 38.7 Å². The Balaban J connectivity index is 1.43. The highest BCUT2D eigenvalue weighted by Crippen LogP contribution is 2.24. The van der Waals surface area contributed by atoms with Gasteiger partial charge in [0, 0.05) is 69.0 Å². The molecule has 3 aromatic carbocycles. The molecule has 0 radical (unpaired) electrons. The fourth-order valence-corrected chi connectivity index (χ4v) is 10.5. The number of para-hydroxylation sites is 1. The first-order valence-corrected chi connectivity index (χ1v) is 29.4. The number of hydrogen-bond donors (Lipinski definition) is 15. The lowest BCUT2D eigenvalue weighted by atomic mass is 9.99. The molecule has 8 atom stereocenters. The van der Waals surface area contributed by atoms with Crippen molar-refractivity contribution in [3.05, 3.63) is 84.1 Å². The molecular weight excluding hydrogens is 1140 g/mol. The van der Waals surface area contributed by atoms with Gasteiger partial charge in [0.25, 0.3) is 0 Å². The number of fused-ring (bicyclic) bond motifs is 3. The van der Waals surface area contributed by atoms with Gasteiger partial charge in [-0.3, -0.25) is 62.7 Å². The summed E-state index contributed by atoms with van der Waals surface area (Å²) < 4.78 is 0. The maximum atomic E-state index is 15.2. The molecule has 3 heterocycles. The number of hydrogen-bond acceptors (Lipinski definition) is 13. The number of rotatable bonds is 19. The SMILES string of the molecule is CCCC[C@H](NC(C)=O)C(=O)N[C@H]1CC(=O)NCCCC[C@@H](C(N)=O)NC(=O)CNC(=O)[C@H](Cc2c[nH]c3ccccc23)NC(=O)[C@H](CCCN=C(N)N)NC(=O)[C@@H](Cc2ccc3ccccc3c2)NC(=O)[C@@H]2C[C@H](NC(=O)CCN=C(N)N)CN2C1=O. The monoisotopic (exact) mass is 1220 g/mol. The summed E-state index contributed by atoms with van der Waals surface area (Å²) in [6.45, 7) is 2.00. The molecule has 29 nitrogen and oxygen atoms in total. The van der Waals surface area contributed by atoms with Crippen LogP contribution in [0.5, 0.6) is 0 Å². The topological polar surface area (TPSA) is 470 Å². The molecule has 474 valence electrons. The van der Waals surface area contributed by atoms with Crippen LogP contribution in [0.3, 0.4) is 0 Å². The molecule has 2 aliphatic heterocycles. The molecule has 2 aliphatic rings. The summed E-state index contributed by atoms with van der Waals surface area (Å²) in [5.41, 5.74) is 29.9. The number of H-pyrrole nitrogens is 1. The van der Waals surface area contributed by atoms with E-state index >= 15 is 14.4 Å². The van der Waals surface area contributed by atoms with Gasteiger partial charge < -0.3 is 86.4 Å². The van der Waals surface area contributed by atoms with Crippen molar-refractivity contribution in [1.29, 1.82) is 0 Å². The molecule has 20 N–H and O–H groups in total. The number of amides is 11. The second kappa shape index (κ2) is 33.2. The Morgan fingerprint density at radius 3 is 2.12 bits per heavy atom. The minimum Gasteiger partial charge on any atom is -0.370 e. The first kappa shape index (κ1) is 67.3. The van der Waals surface area contributed by atoms with Gasteiger partial charge in [0.05, 0.1) is 19.5 Å². The maximum absolute atomic E-state index is 15.2. The number of unbranched alkanes of at least 4 members (excludes halogenated alkanes) is 1. The molecule has 0 spiro atoms. The summed E-state index contributed by atoms with van der Waals surface area (Å²) in [6.07, 6.45) is 2.00. The van der Waals surface area contributed by atoms with Gasteiger partial charge >= 0.3 is 0 Å². The summed E-state index contributed by atoms with van der Waals surface area (Å²) in [6, 6.07) is 9.26. The fraction of sp³-hybridized carbons (Fsp3) is 0.475. The number of guanidine groups is 2. The van der Waals surface area contributed by atoms with Gasteiger partial charge in [-0.15, -0.1) is 0 Å². The van der Waals surface area contributed by atoms with E-state index in [4.69, 9.17) is 28.7 Å². The third kappa shape index (κ3) is 20.7. The van der Waals surface area contributed by atoms with Crippen molar-refractivity contribution in [2.45, 2.75) is 146 Å². The normalized spacial score (nSPS) is 21.6. The molecule has 0 bridgehead atoms. The van der Waals surface area contributed by atoms with Crippen LogP contribution >= 0.6 is 0 Å². The van der Waals surface area contributed by atoms with E-state index in [-0.39, 0.29) is 102 Å². The molecule has 2 fully saturated rings. The quantitative estimate of drug-likeness (QED) is 0.0259. The molecular formula is C59H82N18O11. The van der Waals surface area contributed by atoms with E-state index in [9.17, 15) is 38.4 Å². The zero-order chi connectivity index (χ0) is 63.9. The van der Waals surface area contributed by atoms with Crippen LogP contribution in [-0.4, -0.2) is 168 Å². The van der Waals surface area contributed by atoms with E-state index in [0.29, 0.717) is 24.0 Å². The Hall–Kier alpha value is -9.83. The average molecular weight is 1220 g/mol. The maximum Gasteiger partial charge on any atom is 0.246 e. The Morgan fingerprint density at radius 1 is 0.716 bits per heavy atom. The first-order valence-electron chi connectivity index (χ1n) is 29.4.